The zero-order valence-electron chi connectivity index (χ0n) is 9.48. The number of halogens is 4. The van der Waals surface area contributed by atoms with Gasteiger partial charge in [0.05, 0.1) is 0 Å². The van der Waals surface area contributed by atoms with E-state index in [4.69, 9.17) is 5.11 Å². The molecule has 18 heavy (non-hydrogen) atoms. The number of benzene rings is 1. The second-order valence-electron chi connectivity index (χ2n) is 3.90. The highest BCUT2D eigenvalue weighted by Gasteiger charge is 2.18. The van der Waals surface area contributed by atoms with Gasteiger partial charge in [0, 0.05) is 18.1 Å². The highest BCUT2D eigenvalue weighted by molar-refractivity contribution is 5.66. The van der Waals surface area contributed by atoms with E-state index in [0.717, 1.165) is 0 Å². The van der Waals surface area contributed by atoms with Gasteiger partial charge in [-0.05, 0) is 19.3 Å². The zero-order chi connectivity index (χ0) is 13.7. The van der Waals surface area contributed by atoms with Crippen LogP contribution in [0.2, 0.25) is 0 Å². The summed E-state index contributed by atoms with van der Waals surface area (Å²) in [6.45, 7) is 0. The second-order valence-corrected chi connectivity index (χ2v) is 3.90. The van der Waals surface area contributed by atoms with Crippen LogP contribution in [-0.2, 0) is 11.2 Å². The lowest BCUT2D eigenvalue weighted by molar-refractivity contribution is -0.137. The van der Waals surface area contributed by atoms with E-state index >= 15 is 0 Å². The predicted molar refractivity (Wildman–Crippen MR) is 56.1 cm³/mol. The van der Waals surface area contributed by atoms with Crippen molar-refractivity contribution >= 4 is 5.97 Å². The molecular weight excluding hydrogens is 252 g/mol. The fourth-order valence-electron chi connectivity index (χ4n) is 1.60. The summed E-state index contributed by atoms with van der Waals surface area (Å²) in [6.07, 6.45) is 0.845. The molecule has 0 heterocycles. The molecule has 0 spiro atoms. The first kappa shape index (κ1) is 14.5. The fraction of sp³-hybridized carbons (Fsp3) is 0.417. The normalized spacial score (nSPS) is 10.7. The summed E-state index contributed by atoms with van der Waals surface area (Å²) in [7, 11) is 0. The number of hydrogen-bond donors (Lipinski definition) is 1. The number of carboxylic acids is 1. The standard InChI is InChI=1S/C12H12F4O2/c13-8-6-9(14)12(16)7(11(8)15)4-2-1-3-5-10(17)18/h6H,1-5H2,(H,17,18). The smallest absolute Gasteiger partial charge is 0.303 e. The zero-order valence-corrected chi connectivity index (χ0v) is 9.48. The third kappa shape index (κ3) is 3.72. The van der Waals surface area contributed by atoms with Crippen molar-refractivity contribution in [2.45, 2.75) is 32.1 Å². The van der Waals surface area contributed by atoms with Crippen molar-refractivity contribution in [1.82, 2.24) is 0 Å². The van der Waals surface area contributed by atoms with Gasteiger partial charge >= 0.3 is 5.97 Å². The van der Waals surface area contributed by atoms with E-state index in [9.17, 15) is 22.4 Å². The Balaban J connectivity index is 2.59. The number of carbonyl (C=O) groups is 1. The fourth-order valence-corrected chi connectivity index (χ4v) is 1.60. The van der Waals surface area contributed by atoms with Crippen LogP contribution in [0.5, 0.6) is 0 Å². The summed E-state index contributed by atoms with van der Waals surface area (Å²) < 4.78 is 52.1. The first-order valence-electron chi connectivity index (χ1n) is 5.47. The van der Waals surface area contributed by atoms with Gasteiger partial charge < -0.3 is 5.11 Å². The van der Waals surface area contributed by atoms with Crippen molar-refractivity contribution in [3.05, 3.63) is 34.9 Å². The van der Waals surface area contributed by atoms with E-state index in [-0.39, 0.29) is 25.3 Å². The summed E-state index contributed by atoms with van der Waals surface area (Å²) >= 11 is 0. The lowest BCUT2D eigenvalue weighted by Crippen LogP contribution is -2.03. The van der Waals surface area contributed by atoms with Crippen LogP contribution in [0.4, 0.5) is 17.6 Å². The number of rotatable bonds is 6. The van der Waals surface area contributed by atoms with Crippen LogP contribution in [0.3, 0.4) is 0 Å². The van der Waals surface area contributed by atoms with E-state index in [1.807, 2.05) is 0 Å². The van der Waals surface area contributed by atoms with Gasteiger partial charge in [0.1, 0.15) is 0 Å². The summed E-state index contributed by atoms with van der Waals surface area (Å²) in [6, 6.07) is 0.165. The molecule has 1 rings (SSSR count). The summed E-state index contributed by atoms with van der Waals surface area (Å²) in [4.78, 5) is 10.2. The molecule has 0 unspecified atom stereocenters. The second kappa shape index (κ2) is 6.37. The van der Waals surface area contributed by atoms with E-state index in [1.54, 1.807) is 0 Å². The molecule has 0 amide bonds. The molecule has 1 aromatic rings. The molecule has 2 nitrogen and oxygen atoms in total. The molecule has 0 aromatic heterocycles. The van der Waals surface area contributed by atoms with E-state index < -0.39 is 34.8 Å². The van der Waals surface area contributed by atoms with Crippen molar-refractivity contribution in [1.29, 1.82) is 0 Å². The summed E-state index contributed by atoms with van der Waals surface area (Å²) in [5.41, 5.74) is -0.622. The molecule has 0 aliphatic carbocycles. The van der Waals surface area contributed by atoms with E-state index in [0.29, 0.717) is 12.8 Å². The maximum absolute atomic E-state index is 13.2. The van der Waals surface area contributed by atoms with Gasteiger partial charge in [-0.1, -0.05) is 6.42 Å². The average molecular weight is 264 g/mol. The molecule has 0 aliphatic rings. The Morgan fingerprint density at radius 1 is 1.00 bits per heavy atom. The van der Waals surface area contributed by atoms with Gasteiger partial charge in [-0.25, -0.2) is 17.6 Å². The molecule has 0 bridgehead atoms. The first-order chi connectivity index (χ1) is 8.43. The molecule has 100 valence electrons. The number of carboxylic acid groups (broad SMARTS) is 1. The molecule has 0 atom stereocenters. The first-order valence-corrected chi connectivity index (χ1v) is 5.47. The number of aliphatic carboxylic acids is 1. The molecule has 0 saturated heterocycles. The molecule has 1 N–H and O–H groups in total. The quantitative estimate of drug-likeness (QED) is 0.485. The molecule has 0 fully saturated rings. The van der Waals surface area contributed by atoms with Crippen LogP contribution in [0.1, 0.15) is 31.2 Å². The molecule has 0 radical (unpaired) electrons. The van der Waals surface area contributed by atoms with Gasteiger partial charge in [0.15, 0.2) is 23.3 Å². The summed E-state index contributed by atoms with van der Waals surface area (Å²) in [5.74, 6) is -6.56. The number of hydrogen-bond acceptors (Lipinski definition) is 1. The number of unbranched alkanes of at least 4 members (excludes halogenated alkanes) is 2. The Morgan fingerprint density at radius 3 is 2.06 bits per heavy atom. The maximum Gasteiger partial charge on any atom is 0.303 e. The molecule has 6 heteroatoms. The molecular formula is C12H12F4O2. The van der Waals surface area contributed by atoms with Crippen molar-refractivity contribution in [2.75, 3.05) is 0 Å². The Labute approximate surface area is 101 Å². The Morgan fingerprint density at radius 2 is 1.56 bits per heavy atom. The van der Waals surface area contributed by atoms with Crippen LogP contribution in [-0.4, -0.2) is 11.1 Å². The van der Waals surface area contributed by atoms with Crippen molar-refractivity contribution < 1.29 is 27.5 Å². The van der Waals surface area contributed by atoms with Crippen LogP contribution in [0.25, 0.3) is 0 Å². The minimum Gasteiger partial charge on any atom is -0.481 e. The van der Waals surface area contributed by atoms with E-state index in [2.05, 4.69) is 0 Å². The SMILES string of the molecule is O=C(O)CCCCCc1c(F)c(F)cc(F)c1F. The van der Waals surface area contributed by atoms with E-state index in [1.165, 1.54) is 0 Å². The lowest BCUT2D eigenvalue weighted by Gasteiger charge is -2.06. The van der Waals surface area contributed by atoms with Crippen molar-refractivity contribution in [3.8, 4) is 0 Å². The third-order valence-electron chi connectivity index (χ3n) is 2.52. The van der Waals surface area contributed by atoms with Gasteiger partial charge in [-0.3, -0.25) is 4.79 Å². The minimum atomic E-state index is -1.42. The monoisotopic (exact) mass is 264 g/mol. The largest absolute Gasteiger partial charge is 0.481 e. The van der Waals surface area contributed by atoms with Gasteiger partial charge in [0.2, 0.25) is 0 Å². The molecule has 0 saturated carbocycles. The predicted octanol–water partition coefficient (Wildman–Crippen LogP) is 3.43. The van der Waals surface area contributed by atoms with Gasteiger partial charge in [-0.15, -0.1) is 0 Å². The molecule has 0 aliphatic heterocycles. The highest BCUT2D eigenvalue weighted by Crippen LogP contribution is 2.21. The molecule has 1 aromatic carbocycles. The minimum absolute atomic E-state index is 0.0392. The van der Waals surface area contributed by atoms with Crippen LogP contribution in [0, 0.1) is 23.3 Å². The summed E-state index contributed by atoms with van der Waals surface area (Å²) in [5, 5.41) is 8.37. The van der Waals surface area contributed by atoms with Crippen LogP contribution < -0.4 is 0 Å². The maximum atomic E-state index is 13.2. The average Bonchev–Trinajstić information content (AvgIpc) is 2.30. The van der Waals surface area contributed by atoms with Crippen LogP contribution in [0.15, 0.2) is 6.07 Å². The Bertz CT molecular complexity index is 420. The van der Waals surface area contributed by atoms with Crippen molar-refractivity contribution in [2.24, 2.45) is 0 Å². The highest BCUT2D eigenvalue weighted by atomic mass is 19.2. The Hall–Kier alpha value is -1.59. The van der Waals surface area contributed by atoms with Gasteiger partial charge in [0.25, 0.3) is 0 Å². The Kier molecular flexibility index (Phi) is 5.12. The third-order valence-corrected chi connectivity index (χ3v) is 2.52. The lowest BCUT2D eigenvalue weighted by atomic mass is 10.0. The topological polar surface area (TPSA) is 37.3 Å². The van der Waals surface area contributed by atoms with Gasteiger partial charge in [-0.2, -0.15) is 0 Å². The van der Waals surface area contributed by atoms with Crippen molar-refractivity contribution in [3.63, 3.8) is 0 Å². The van der Waals surface area contributed by atoms with Crippen LogP contribution >= 0.6 is 0 Å².